The number of hydrogen-bond acceptors (Lipinski definition) is 3. The Morgan fingerprint density at radius 2 is 1.53 bits per heavy atom. The summed E-state index contributed by atoms with van der Waals surface area (Å²) in [6.07, 6.45) is 0. The monoisotopic (exact) mass is 451 g/mol. The van der Waals surface area contributed by atoms with Crippen LogP contribution < -0.4 is 10.9 Å². The van der Waals surface area contributed by atoms with Gasteiger partial charge in [-0.2, -0.15) is 5.10 Å². The maximum atomic E-state index is 13.9. The highest BCUT2D eigenvalue weighted by atomic mass is 16.2. The summed E-state index contributed by atoms with van der Waals surface area (Å²) in [5, 5.41) is 7.75. The third-order valence-corrected chi connectivity index (χ3v) is 5.96. The number of hydrogen-bond donors (Lipinski definition) is 1. The molecule has 0 spiro atoms. The predicted octanol–water partition coefficient (Wildman–Crippen LogP) is 6.28. The fourth-order valence-corrected chi connectivity index (χ4v) is 4.20. The minimum atomic E-state index is -0.429. The first kappa shape index (κ1) is 23.2. The molecule has 1 amide bonds. The summed E-state index contributed by atoms with van der Waals surface area (Å²) in [6.45, 7) is 8.35. The van der Waals surface area contributed by atoms with E-state index in [2.05, 4.69) is 24.3 Å². The summed E-state index contributed by atoms with van der Waals surface area (Å²) in [4.78, 5) is 27.4. The Morgan fingerprint density at radius 3 is 2.12 bits per heavy atom. The van der Waals surface area contributed by atoms with Gasteiger partial charge in [0.1, 0.15) is 5.56 Å². The number of benzene rings is 3. The number of nitrogens with one attached hydrogen (secondary N) is 1. The largest absolute Gasteiger partial charge is 0.321 e. The minimum absolute atomic E-state index is 0.0971. The van der Waals surface area contributed by atoms with Crippen LogP contribution in [0.1, 0.15) is 48.2 Å². The molecule has 0 aliphatic rings. The van der Waals surface area contributed by atoms with Gasteiger partial charge in [-0.3, -0.25) is 9.59 Å². The van der Waals surface area contributed by atoms with Crippen molar-refractivity contribution in [1.82, 2.24) is 9.78 Å². The van der Waals surface area contributed by atoms with E-state index in [-0.39, 0.29) is 11.5 Å². The number of nitrogens with zero attached hydrogens (tertiary/aromatic N) is 2. The van der Waals surface area contributed by atoms with E-state index in [0.717, 1.165) is 27.9 Å². The Balaban J connectivity index is 1.99. The van der Waals surface area contributed by atoms with Crippen molar-refractivity contribution in [2.45, 2.75) is 40.2 Å². The van der Waals surface area contributed by atoms with Crippen LogP contribution in [-0.2, 0) is 6.54 Å². The van der Waals surface area contributed by atoms with Gasteiger partial charge in [-0.25, -0.2) is 4.68 Å². The van der Waals surface area contributed by atoms with Crippen molar-refractivity contribution in [3.63, 3.8) is 0 Å². The number of carbonyl (C=O) groups is 1. The average molecular weight is 452 g/mol. The number of carbonyl (C=O) groups excluding carboxylic acids is 1. The second-order valence-electron chi connectivity index (χ2n) is 8.60. The van der Waals surface area contributed by atoms with Crippen molar-refractivity contribution in [1.29, 1.82) is 0 Å². The Hall–Kier alpha value is -3.99. The fourth-order valence-electron chi connectivity index (χ4n) is 4.20. The smallest absolute Gasteiger partial charge is 0.280 e. The van der Waals surface area contributed by atoms with Gasteiger partial charge in [0.25, 0.3) is 11.5 Å². The first-order valence-electron chi connectivity index (χ1n) is 11.6. The van der Waals surface area contributed by atoms with Crippen LogP contribution in [0.15, 0.2) is 83.7 Å². The number of aryl methyl sites for hydroxylation is 2. The van der Waals surface area contributed by atoms with Gasteiger partial charge in [0.15, 0.2) is 0 Å². The van der Waals surface area contributed by atoms with Crippen molar-refractivity contribution < 1.29 is 4.79 Å². The first-order chi connectivity index (χ1) is 16.4. The number of rotatable bonds is 6. The quantitative estimate of drug-likeness (QED) is 0.375. The third-order valence-electron chi connectivity index (χ3n) is 5.96. The summed E-state index contributed by atoms with van der Waals surface area (Å²) < 4.78 is 1.37. The molecule has 34 heavy (non-hydrogen) atoms. The Kier molecular flexibility index (Phi) is 6.73. The van der Waals surface area contributed by atoms with Gasteiger partial charge in [-0.1, -0.05) is 92.7 Å². The number of para-hydroxylation sites is 1. The minimum Gasteiger partial charge on any atom is -0.321 e. The van der Waals surface area contributed by atoms with Crippen LogP contribution >= 0.6 is 0 Å². The molecule has 0 aliphatic carbocycles. The second-order valence-corrected chi connectivity index (χ2v) is 8.60. The van der Waals surface area contributed by atoms with Crippen molar-refractivity contribution >= 4 is 11.6 Å². The maximum absolute atomic E-state index is 13.9. The highest BCUT2D eigenvalue weighted by molar-refractivity contribution is 6.11. The summed E-state index contributed by atoms with van der Waals surface area (Å²) in [6, 6.07) is 25.2. The molecule has 0 aliphatic heterocycles. The highest BCUT2D eigenvalue weighted by Crippen LogP contribution is 2.33. The highest BCUT2D eigenvalue weighted by Gasteiger charge is 2.26. The summed E-state index contributed by atoms with van der Waals surface area (Å²) in [7, 11) is 0. The van der Waals surface area contributed by atoms with Crippen molar-refractivity contribution in [3.05, 3.63) is 106 Å². The molecule has 172 valence electrons. The van der Waals surface area contributed by atoms with E-state index < -0.39 is 11.5 Å². The predicted molar refractivity (Wildman–Crippen MR) is 138 cm³/mol. The van der Waals surface area contributed by atoms with Gasteiger partial charge >= 0.3 is 0 Å². The molecule has 0 atom stereocenters. The maximum Gasteiger partial charge on any atom is 0.280 e. The third kappa shape index (κ3) is 4.42. The molecule has 0 saturated carbocycles. The van der Waals surface area contributed by atoms with E-state index in [1.165, 1.54) is 4.68 Å². The molecule has 0 unspecified atom stereocenters. The van der Waals surface area contributed by atoms with Crippen LogP contribution in [0, 0.1) is 6.92 Å². The van der Waals surface area contributed by atoms with E-state index in [0.29, 0.717) is 17.8 Å². The fraction of sp³-hybridized carbons (Fsp3) is 0.207. The molecule has 1 N–H and O–H groups in total. The zero-order valence-corrected chi connectivity index (χ0v) is 20.0. The molecule has 0 bridgehead atoms. The van der Waals surface area contributed by atoms with Gasteiger partial charge in [0, 0.05) is 23.4 Å². The molecule has 1 heterocycles. The number of amides is 1. The van der Waals surface area contributed by atoms with Crippen LogP contribution in [0.25, 0.3) is 22.4 Å². The SMILES string of the molecule is CCn1nc(-c2ccccc2)c(-c2ccccc2)c(C(=O)Nc2c(C)cccc2C(C)C)c1=O. The van der Waals surface area contributed by atoms with Crippen LogP contribution in [0.2, 0.25) is 0 Å². The molecular formula is C29H29N3O2. The van der Waals surface area contributed by atoms with Gasteiger partial charge in [0.05, 0.1) is 5.69 Å². The Bertz CT molecular complexity index is 1370. The second kappa shape index (κ2) is 9.87. The molecule has 5 nitrogen and oxygen atoms in total. The molecule has 5 heteroatoms. The molecule has 3 aromatic carbocycles. The van der Waals surface area contributed by atoms with E-state index in [4.69, 9.17) is 0 Å². The lowest BCUT2D eigenvalue weighted by molar-refractivity contribution is 0.102. The van der Waals surface area contributed by atoms with Crippen LogP contribution in [0.5, 0.6) is 0 Å². The van der Waals surface area contributed by atoms with Crippen molar-refractivity contribution in [2.75, 3.05) is 5.32 Å². The number of anilines is 1. The summed E-state index contributed by atoms with van der Waals surface area (Å²) in [5.41, 5.74) is 5.19. The normalized spacial score (nSPS) is 11.0. The average Bonchev–Trinajstić information content (AvgIpc) is 2.85. The van der Waals surface area contributed by atoms with Crippen LogP contribution in [-0.4, -0.2) is 15.7 Å². The van der Waals surface area contributed by atoms with Crippen molar-refractivity contribution in [2.24, 2.45) is 0 Å². The van der Waals surface area contributed by atoms with Gasteiger partial charge < -0.3 is 5.32 Å². The molecular weight excluding hydrogens is 422 g/mol. The zero-order chi connectivity index (χ0) is 24.2. The standard InChI is InChI=1S/C29H29N3O2/c1-5-32-29(34)25(28(33)30-26-20(4)13-12-18-23(26)19(2)3)24(21-14-8-6-9-15-21)27(31-32)22-16-10-7-11-17-22/h6-19H,5H2,1-4H3,(H,30,33). The molecule has 4 aromatic rings. The Morgan fingerprint density at radius 1 is 0.912 bits per heavy atom. The zero-order valence-electron chi connectivity index (χ0n) is 20.0. The lowest BCUT2D eigenvalue weighted by Gasteiger charge is -2.19. The van der Waals surface area contributed by atoms with Gasteiger partial charge in [-0.05, 0) is 36.5 Å². The van der Waals surface area contributed by atoms with E-state index in [1.807, 2.05) is 92.7 Å². The van der Waals surface area contributed by atoms with Gasteiger partial charge in [0.2, 0.25) is 0 Å². The van der Waals surface area contributed by atoms with E-state index in [1.54, 1.807) is 0 Å². The van der Waals surface area contributed by atoms with E-state index in [9.17, 15) is 9.59 Å². The topological polar surface area (TPSA) is 64.0 Å². The summed E-state index contributed by atoms with van der Waals surface area (Å²) >= 11 is 0. The first-order valence-corrected chi connectivity index (χ1v) is 11.6. The lowest BCUT2D eigenvalue weighted by Crippen LogP contribution is -2.32. The number of aromatic nitrogens is 2. The lowest BCUT2D eigenvalue weighted by atomic mass is 9.94. The molecule has 0 fully saturated rings. The van der Waals surface area contributed by atoms with Crippen molar-refractivity contribution in [3.8, 4) is 22.4 Å². The van der Waals surface area contributed by atoms with Gasteiger partial charge in [-0.15, -0.1) is 0 Å². The summed E-state index contributed by atoms with van der Waals surface area (Å²) in [5.74, 6) is -0.213. The molecule has 4 rings (SSSR count). The molecule has 1 aromatic heterocycles. The Labute approximate surface area is 200 Å². The van der Waals surface area contributed by atoms with Crippen LogP contribution in [0.3, 0.4) is 0 Å². The molecule has 0 saturated heterocycles. The van der Waals surface area contributed by atoms with E-state index >= 15 is 0 Å². The van der Waals surface area contributed by atoms with Crippen LogP contribution in [0.4, 0.5) is 5.69 Å². The molecule has 0 radical (unpaired) electrons.